The summed E-state index contributed by atoms with van der Waals surface area (Å²) >= 11 is 0. The molecule has 0 aromatic carbocycles. The molecule has 1 N–H and O–H groups in total. The van der Waals surface area contributed by atoms with Crippen molar-refractivity contribution < 1.29 is 33.7 Å². The number of hydrogen-bond acceptors (Lipinski definition) is 7. The highest BCUT2D eigenvalue weighted by Crippen LogP contribution is 2.74. The lowest BCUT2D eigenvalue weighted by Gasteiger charge is -2.58. The SMILES string of the molecule is CC(=O)OC1=CC(=O)C(O)=C(C)/C1=C/[C@@]12O[C@]1(C)CC[C@H]1C(C)(C)[C@@H](OC(=O)C=C(C)C)CC[C@@]12C. The van der Waals surface area contributed by atoms with Gasteiger partial charge in [-0.1, -0.05) is 26.3 Å². The number of carbonyl (C=O) groups excluding carboxylic acids is 3. The van der Waals surface area contributed by atoms with E-state index in [4.69, 9.17) is 14.2 Å². The Balaban J connectivity index is 1.76. The van der Waals surface area contributed by atoms with Crippen molar-refractivity contribution in [2.24, 2.45) is 16.7 Å². The standard InChI is InChI=1S/C29H38O7/c1-16(2)13-24(32)35-23-10-11-27(7)22(26(23,5)6)9-12-28(8)29(27,36-28)15-19-17(3)25(33)20(31)14-21(19)34-18(4)30/h13-15,22-23,33H,9-12H2,1-8H3/b19-15-/t22-,23-,27-,28+,29-/m0/s1. The van der Waals surface area contributed by atoms with Crippen molar-refractivity contribution in [3.63, 3.8) is 0 Å². The van der Waals surface area contributed by atoms with Gasteiger partial charge < -0.3 is 19.3 Å². The van der Waals surface area contributed by atoms with Crippen LogP contribution < -0.4 is 0 Å². The number of ketones is 1. The quantitative estimate of drug-likeness (QED) is 0.314. The monoisotopic (exact) mass is 498 g/mol. The molecular formula is C29H38O7. The molecule has 0 spiro atoms. The summed E-state index contributed by atoms with van der Waals surface area (Å²) in [6.45, 7) is 15.4. The number of esters is 2. The van der Waals surface area contributed by atoms with Crippen LogP contribution in [0.15, 0.2) is 46.5 Å². The third-order valence-electron chi connectivity index (χ3n) is 9.10. The van der Waals surface area contributed by atoms with Crippen molar-refractivity contribution in [2.45, 2.75) is 98.4 Å². The van der Waals surface area contributed by atoms with E-state index in [1.165, 1.54) is 13.0 Å². The maximum absolute atomic E-state index is 12.5. The van der Waals surface area contributed by atoms with Gasteiger partial charge in [-0.05, 0) is 65.4 Å². The molecule has 0 amide bonds. The fraction of sp³-hybridized carbons (Fsp3) is 0.621. The average molecular weight is 499 g/mol. The summed E-state index contributed by atoms with van der Waals surface area (Å²) in [4.78, 5) is 36.6. The molecule has 36 heavy (non-hydrogen) atoms. The molecule has 7 nitrogen and oxygen atoms in total. The van der Waals surface area contributed by atoms with Gasteiger partial charge >= 0.3 is 11.9 Å². The van der Waals surface area contributed by atoms with Crippen LogP contribution in [0.3, 0.4) is 0 Å². The summed E-state index contributed by atoms with van der Waals surface area (Å²) < 4.78 is 18.0. The van der Waals surface area contributed by atoms with Crippen LogP contribution in [0.1, 0.15) is 81.1 Å². The first kappa shape index (κ1) is 26.4. The summed E-state index contributed by atoms with van der Waals surface area (Å²) in [5.41, 5.74) is 0.0357. The fourth-order valence-electron chi connectivity index (χ4n) is 7.22. The maximum Gasteiger partial charge on any atom is 0.330 e. The van der Waals surface area contributed by atoms with Crippen LogP contribution in [0.25, 0.3) is 0 Å². The Morgan fingerprint density at radius 3 is 2.39 bits per heavy atom. The Hall–Kier alpha value is -2.67. The van der Waals surface area contributed by atoms with Gasteiger partial charge in [0.15, 0.2) is 5.76 Å². The van der Waals surface area contributed by atoms with Crippen molar-refractivity contribution in [3.05, 3.63) is 46.5 Å². The van der Waals surface area contributed by atoms with Gasteiger partial charge in [-0.25, -0.2) is 4.79 Å². The molecule has 1 heterocycles. The molecule has 0 unspecified atom stereocenters. The van der Waals surface area contributed by atoms with Crippen molar-refractivity contribution in [1.82, 2.24) is 0 Å². The number of aliphatic hydroxyl groups excluding tert-OH is 1. The lowest BCUT2D eigenvalue weighted by atomic mass is 9.45. The predicted octanol–water partition coefficient (Wildman–Crippen LogP) is 5.42. The molecule has 4 rings (SSSR count). The largest absolute Gasteiger partial charge is 0.504 e. The number of carbonyl (C=O) groups is 3. The molecule has 5 atom stereocenters. The molecule has 0 aromatic rings. The van der Waals surface area contributed by atoms with Gasteiger partial charge in [0.25, 0.3) is 0 Å². The Kier molecular flexibility index (Phi) is 6.19. The molecule has 4 aliphatic rings. The van der Waals surface area contributed by atoms with Crippen LogP contribution >= 0.6 is 0 Å². The van der Waals surface area contributed by atoms with Crippen LogP contribution in [0.5, 0.6) is 0 Å². The molecule has 196 valence electrons. The van der Waals surface area contributed by atoms with Gasteiger partial charge in [-0.2, -0.15) is 0 Å². The first-order valence-corrected chi connectivity index (χ1v) is 12.7. The second-order valence-electron chi connectivity index (χ2n) is 12.1. The van der Waals surface area contributed by atoms with Gasteiger partial charge in [0, 0.05) is 41.1 Å². The third-order valence-corrected chi connectivity index (χ3v) is 9.10. The molecule has 1 aliphatic heterocycles. The zero-order valence-electron chi connectivity index (χ0n) is 22.6. The van der Waals surface area contributed by atoms with Gasteiger partial charge in [0.1, 0.15) is 17.5 Å². The van der Waals surface area contributed by atoms with Gasteiger partial charge in [-0.3, -0.25) is 9.59 Å². The Morgan fingerprint density at radius 2 is 1.78 bits per heavy atom. The van der Waals surface area contributed by atoms with E-state index in [2.05, 4.69) is 27.7 Å². The third kappa shape index (κ3) is 3.87. The average Bonchev–Trinajstić information content (AvgIpc) is 3.37. The van der Waals surface area contributed by atoms with Crippen molar-refractivity contribution in [3.8, 4) is 0 Å². The van der Waals surface area contributed by atoms with E-state index < -0.39 is 23.0 Å². The summed E-state index contributed by atoms with van der Waals surface area (Å²) in [6, 6.07) is 0. The number of fused-ring (bicyclic) bond motifs is 3. The minimum atomic E-state index is -0.689. The molecule has 7 heteroatoms. The van der Waals surface area contributed by atoms with E-state index in [1.54, 1.807) is 6.92 Å². The van der Waals surface area contributed by atoms with Crippen LogP contribution in [-0.2, 0) is 28.6 Å². The summed E-state index contributed by atoms with van der Waals surface area (Å²) in [5.74, 6) is -1.49. The highest BCUT2D eigenvalue weighted by Gasteiger charge is 2.79. The minimum absolute atomic E-state index is 0.129. The zero-order chi connectivity index (χ0) is 26.8. The lowest BCUT2D eigenvalue weighted by molar-refractivity contribution is -0.171. The van der Waals surface area contributed by atoms with Gasteiger partial charge in [0.2, 0.25) is 5.78 Å². The lowest BCUT2D eigenvalue weighted by Crippen LogP contribution is -2.60. The van der Waals surface area contributed by atoms with Crippen molar-refractivity contribution >= 4 is 17.7 Å². The second-order valence-corrected chi connectivity index (χ2v) is 12.1. The maximum atomic E-state index is 12.5. The summed E-state index contributed by atoms with van der Waals surface area (Å²) in [5, 5.41) is 10.4. The first-order valence-electron chi connectivity index (χ1n) is 12.7. The molecule has 3 fully saturated rings. The normalized spacial score (nSPS) is 37.9. The predicted molar refractivity (Wildman–Crippen MR) is 134 cm³/mol. The minimum Gasteiger partial charge on any atom is -0.504 e. The smallest absolute Gasteiger partial charge is 0.330 e. The Bertz CT molecular complexity index is 1150. The molecule has 1 saturated heterocycles. The van der Waals surface area contributed by atoms with Crippen LogP contribution in [0.4, 0.5) is 0 Å². The zero-order valence-corrected chi connectivity index (χ0v) is 22.6. The number of epoxide rings is 1. The van der Waals surface area contributed by atoms with Crippen LogP contribution in [0, 0.1) is 16.7 Å². The molecule has 3 aliphatic carbocycles. The number of ether oxygens (including phenoxy) is 3. The number of hydrogen-bond donors (Lipinski definition) is 1. The molecule has 0 radical (unpaired) electrons. The van der Waals surface area contributed by atoms with E-state index >= 15 is 0 Å². The van der Waals surface area contributed by atoms with E-state index in [1.807, 2.05) is 19.9 Å². The van der Waals surface area contributed by atoms with Gasteiger partial charge in [-0.15, -0.1) is 0 Å². The number of rotatable bonds is 4. The molecule has 0 aromatic heterocycles. The van der Waals surface area contributed by atoms with E-state index in [0.717, 1.165) is 30.9 Å². The number of aliphatic hydroxyl groups is 1. The van der Waals surface area contributed by atoms with E-state index in [0.29, 0.717) is 17.6 Å². The molecule has 0 bridgehead atoms. The second kappa shape index (κ2) is 8.44. The van der Waals surface area contributed by atoms with E-state index in [-0.39, 0.29) is 40.3 Å². The first-order chi connectivity index (χ1) is 16.6. The van der Waals surface area contributed by atoms with Crippen LogP contribution in [-0.4, -0.2) is 40.1 Å². The Morgan fingerprint density at radius 1 is 1.11 bits per heavy atom. The highest BCUT2D eigenvalue weighted by atomic mass is 16.6. The molecular weight excluding hydrogens is 460 g/mol. The van der Waals surface area contributed by atoms with E-state index in [9.17, 15) is 19.5 Å². The fourth-order valence-corrected chi connectivity index (χ4v) is 7.22. The Labute approximate surface area is 213 Å². The summed E-state index contributed by atoms with van der Waals surface area (Å²) in [7, 11) is 0. The topological polar surface area (TPSA) is 102 Å². The van der Waals surface area contributed by atoms with Crippen LogP contribution in [0.2, 0.25) is 0 Å². The highest BCUT2D eigenvalue weighted by molar-refractivity contribution is 6.06. The van der Waals surface area contributed by atoms with Crippen molar-refractivity contribution in [2.75, 3.05) is 0 Å². The van der Waals surface area contributed by atoms with Gasteiger partial charge in [0.05, 0.1) is 5.60 Å². The number of allylic oxidation sites excluding steroid dienone is 3. The molecule has 2 saturated carbocycles. The summed E-state index contributed by atoms with van der Waals surface area (Å²) in [6.07, 6.45) is 7.65. The van der Waals surface area contributed by atoms with Crippen molar-refractivity contribution in [1.29, 1.82) is 0 Å².